The predicted octanol–water partition coefficient (Wildman–Crippen LogP) is 0.295. The standard InChI is InChI=1S/C8H16N6/c1-3-5(9)6-12-7(10)14-8(13-6)11-4-2/h5H,3-4,9H2,1-2H3,(H3,10,11,12,13,14). The molecule has 6 nitrogen and oxygen atoms in total. The first kappa shape index (κ1) is 10.6. The number of hydrogen-bond donors (Lipinski definition) is 3. The van der Waals surface area contributed by atoms with Gasteiger partial charge in [0, 0.05) is 6.54 Å². The average Bonchev–Trinajstić information content (AvgIpc) is 2.16. The van der Waals surface area contributed by atoms with Gasteiger partial charge < -0.3 is 16.8 Å². The highest BCUT2D eigenvalue weighted by molar-refractivity contribution is 5.31. The van der Waals surface area contributed by atoms with Gasteiger partial charge in [-0.15, -0.1) is 0 Å². The molecule has 1 aromatic heterocycles. The summed E-state index contributed by atoms with van der Waals surface area (Å²) >= 11 is 0. The third-order valence-corrected chi connectivity index (χ3v) is 1.78. The smallest absolute Gasteiger partial charge is 0.227 e. The van der Waals surface area contributed by atoms with Crippen molar-refractivity contribution in [2.24, 2.45) is 5.73 Å². The minimum Gasteiger partial charge on any atom is -0.368 e. The maximum absolute atomic E-state index is 5.79. The van der Waals surface area contributed by atoms with Crippen LogP contribution >= 0.6 is 0 Å². The highest BCUT2D eigenvalue weighted by atomic mass is 15.2. The number of anilines is 2. The summed E-state index contributed by atoms with van der Waals surface area (Å²) in [5.74, 6) is 1.23. The molecule has 1 unspecified atom stereocenters. The van der Waals surface area contributed by atoms with Crippen LogP contribution < -0.4 is 16.8 Å². The number of nitrogens with one attached hydrogen (secondary N) is 1. The predicted molar refractivity (Wildman–Crippen MR) is 55.6 cm³/mol. The molecule has 0 fully saturated rings. The number of nitrogen functional groups attached to an aromatic ring is 1. The molecule has 6 heteroatoms. The molecular weight excluding hydrogens is 180 g/mol. The lowest BCUT2D eigenvalue weighted by Crippen LogP contribution is -2.16. The Hall–Kier alpha value is -1.43. The van der Waals surface area contributed by atoms with Crippen LogP contribution in [0.3, 0.4) is 0 Å². The van der Waals surface area contributed by atoms with Crippen molar-refractivity contribution in [1.82, 2.24) is 15.0 Å². The van der Waals surface area contributed by atoms with Crippen LogP contribution in [0, 0.1) is 0 Å². The summed E-state index contributed by atoms with van der Waals surface area (Å²) < 4.78 is 0. The van der Waals surface area contributed by atoms with E-state index in [0.29, 0.717) is 11.8 Å². The van der Waals surface area contributed by atoms with Gasteiger partial charge in [-0.2, -0.15) is 15.0 Å². The summed E-state index contributed by atoms with van der Waals surface area (Å²) in [6, 6.07) is -0.183. The van der Waals surface area contributed by atoms with Gasteiger partial charge in [-0.25, -0.2) is 0 Å². The van der Waals surface area contributed by atoms with Gasteiger partial charge in [0.1, 0.15) is 0 Å². The topological polar surface area (TPSA) is 103 Å². The molecule has 0 aliphatic carbocycles. The quantitative estimate of drug-likeness (QED) is 0.639. The van der Waals surface area contributed by atoms with Gasteiger partial charge in [-0.3, -0.25) is 0 Å². The maximum Gasteiger partial charge on any atom is 0.227 e. The average molecular weight is 196 g/mol. The lowest BCUT2D eigenvalue weighted by molar-refractivity contribution is 0.646. The third-order valence-electron chi connectivity index (χ3n) is 1.78. The highest BCUT2D eigenvalue weighted by Crippen LogP contribution is 2.11. The van der Waals surface area contributed by atoms with E-state index >= 15 is 0 Å². The zero-order valence-electron chi connectivity index (χ0n) is 8.49. The van der Waals surface area contributed by atoms with Gasteiger partial charge in [-0.05, 0) is 13.3 Å². The molecule has 0 aliphatic rings. The Morgan fingerprint density at radius 2 is 2.00 bits per heavy atom. The number of aromatic nitrogens is 3. The van der Waals surface area contributed by atoms with Crippen LogP contribution in [0.2, 0.25) is 0 Å². The van der Waals surface area contributed by atoms with E-state index in [1.807, 2.05) is 13.8 Å². The van der Waals surface area contributed by atoms with Crippen LogP contribution in [0.25, 0.3) is 0 Å². The van der Waals surface area contributed by atoms with Crippen molar-refractivity contribution in [1.29, 1.82) is 0 Å². The Morgan fingerprint density at radius 3 is 2.57 bits per heavy atom. The third kappa shape index (κ3) is 2.53. The number of rotatable bonds is 4. The Balaban J connectivity index is 2.94. The first-order valence-electron chi connectivity index (χ1n) is 4.68. The molecule has 0 bridgehead atoms. The molecule has 1 rings (SSSR count). The number of hydrogen-bond acceptors (Lipinski definition) is 6. The zero-order chi connectivity index (χ0) is 10.6. The molecule has 1 aromatic rings. The molecule has 0 saturated carbocycles. The SMILES string of the molecule is CCNc1nc(N)nc(C(N)CC)n1. The molecule has 1 heterocycles. The molecular formula is C8H16N6. The van der Waals surface area contributed by atoms with Gasteiger partial charge in [0.2, 0.25) is 11.9 Å². The molecule has 0 spiro atoms. The fourth-order valence-corrected chi connectivity index (χ4v) is 0.995. The second-order valence-electron chi connectivity index (χ2n) is 2.92. The van der Waals surface area contributed by atoms with E-state index in [0.717, 1.165) is 13.0 Å². The van der Waals surface area contributed by atoms with Gasteiger partial charge >= 0.3 is 0 Å². The summed E-state index contributed by atoms with van der Waals surface area (Å²) in [5.41, 5.74) is 11.3. The second-order valence-corrected chi connectivity index (χ2v) is 2.92. The summed E-state index contributed by atoms with van der Waals surface area (Å²) in [6.45, 7) is 4.67. The van der Waals surface area contributed by atoms with Crippen LogP contribution in [-0.2, 0) is 0 Å². The van der Waals surface area contributed by atoms with Gasteiger partial charge in [0.05, 0.1) is 6.04 Å². The van der Waals surface area contributed by atoms with Gasteiger partial charge in [-0.1, -0.05) is 6.92 Å². The van der Waals surface area contributed by atoms with E-state index in [2.05, 4.69) is 20.3 Å². The molecule has 0 radical (unpaired) electrons. The van der Waals surface area contributed by atoms with E-state index in [1.54, 1.807) is 0 Å². The lowest BCUT2D eigenvalue weighted by Gasteiger charge is -2.09. The fourth-order valence-electron chi connectivity index (χ4n) is 0.995. The first-order valence-corrected chi connectivity index (χ1v) is 4.68. The van der Waals surface area contributed by atoms with Crippen LogP contribution in [0.1, 0.15) is 32.1 Å². The van der Waals surface area contributed by atoms with Crippen LogP contribution in [-0.4, -0.2) is 21.5 Å². The second kappa shape index (κ2) is 4.71. The Bertz CT molecular complexity index is 300. The van der Waals surface area contributed by atoms with E-state index in [1.165, 1.54) is 0 Å². The monoisotopic (exact) mass is 196 g/mol. The minimum absolute atomic E-state index is 0.183. The minimum atomic E-state index is -0.183. The van der Waals surface area contributed by atoms with Crippen LogP contribution in [0.15, 0.2) is 0 Å². The largest absolute Gasteiger partial charge is 0.368 e. The fraction of sp³-hybridized carbons (Fsp3) is 0.625. The first-order chi connectivity index (χ1) is 6.67. The van der Waals surface area contributed by atoms with Crippen molar-refractivity contribution in [2.45, 2.75) is 26.3 Å². The Labute approximate surface area is 83.1 Å². The molecule has 5 N–H and O–H groups in total. The van der Waals surface area contributed by atoms with E-state index < -0.39 is 0 Å². The van der Waals surface area contributed by atoms with E-state index in [-0.39, 0.29) is 12.0 Å². The number of nitrogens with zero attached hydrogens (tertiary/aromatic N) is 3. The van der Waals surface area contributed by atoms with E-state index in [4.69, 9.17) is 11.5 Å². The summed E-state index contributed by atoms with van der Waals surface area (Å²) in [4.78, 5) is 12.1. The highest BCUT2D eigenvalue weighted by Gasteiger charge is 2.09. The summed E-state index contributed by atoms with van der Waals surface area (Å²) in [6.07, 6.45) is 0.773. The molecule has 0 amide bonds. The molecule has 1 atom stereocenters. The van der Waals surface area contributed by atoms with Gasteiger partial charge in [0.25, 0.3) is 0 Å². The van der Waals surface area contributed by atoms with Gasteiger partial charge in [0.15, 0.2) is 5.82 Å². The Kier molecular flexibility index (Phi) is 3.58. The molecule has 78 valence electrons. The molecule has 0 saturated heterocycles. The molecule has 0 aliphatic heterocycles. The van der Waals surface area contributed by atoms with Crippen molar-refractivity contribution in [3.05, 3.63) is 5.82 Å². The summed E-state index contributed by atoms with van der Waals surface area (Å²) in [7, 11) is 0. The van der Waals surface area contributed by atoms with Crippen molar-refractivity contribution >= 4 is 11.9 Å². The molecule has 14 heavy (non-hydrogen) atoms. The van der Waals surface area contributed by atoms with Crippen LogP contribution in [0.4, 0.5) is 11.9 Å². The lowest BCUT2D eigenvalue weighted by atomic mass is 10.2. The van der Waals surface area contributed by atoms with Crippen LogP contribution in [0.5, 0.6) is 0 Å². The maximum atomic E-state index is 5.79. The van der Waals surface area contributed by atoms with E-state index in [9.17, 15) is 0 Å². The summed E-state index contributed by atoms with van der Waals surface area (Å²) in [5, 5.41) is 2.97. The van der Waals surface area contributed by atoms with Crippen molar-refractivity contribution in [2.75, 3.05) is 17.6 Å². The van der Waals surface area contributed by atoms with Crippen molar-refractivity contribution in [3.8, 4) is 0 Å². The van der Waals surface area contributed by atoms with Crippen molar-refractivity contribution < 1.29 is 0 Å². The molecule has 0 aromatic carbocycles. The number of nitrogens with two attached hydrogens (primary N) is 2. The zero-order valence-corrected chi connectivity index (χ0v) is 8.49. The normalized spacial score (nSPS) is 12.5. The Morgan fingerprint density at radius 1 is 1.29 bits per heavy atom. The van der Waals surface area contributed by atoms with Crippen molar-refractivity contribution in [3.63, 3.8) is 0 Å².